The van der Waals surface area contributed by atoms with Crippen molar-refractivity contribution in [1.82, 2.24) is 15.3 Å². The van der Waals surface area contributed by atoms with Crippen molar-refractivity contribution in [2.24, 2.45) is 17.8 Å². The van der Waals surface area contributed by atoms with Crippen LogP contribution in [0, 0.1) is 17.8 Å². The molecule has 4 aliphatic rings. The molecule has 0 spiro atoms. The number of ether oxygens (including phenoxy) is 1. The van der Waals surface area contributed by atoms with Gasteiger partial charge in [-0.15, -0.1) is 0 Å². The Bertz CT molecular complexity index is 902. The zero-order valence-electron chi connectivity index (χ0n) is 15.8. The summed E-state index contributed by atoms with van der Waals surface area (Å²) in [7, 11) is 0. The van der Waals surface area contributed by atoms with Gasteiger partial charge in [0.25, 0.3) is 5.91 Å². The molecule has 4 saturated carbocycles. The van der Waals surface area contributed by atoms with Crippen LogP contribution in [0.4, 0.5) is 0 Å². The Balaban J connectivity index is 1.29. The minimum Gasteiger partial charge on any atom is -0.467 e. The lowest BCUT2D eigenvalue weighted by Crippen LogP contribution is -2.60. The molecule has 4 fully saturated rings. The fraction of sp³-hybridized carbons (Fsp3) is 0.500. The van der Waals surface area contributed by atoms with Crippen molar-refractivity contribution in [3.05, 3.63) is 47.0 Å². The molecule has 2 aromatic rings. The second-order valence-corrected chi connectivity index (χ2v) is 8.83. The summed E-state index contributed by atoms with van der Waals surface area (Å²) in [6, 6.07) is 9.56. The molecule has 6 nitrogen and oxygen atoms in total. The van der Waals surface area contributed by atoms with Crippen LogP contribution in [-0.4, -0.2) is 28.0 Å². The number of H-pyrrole nitrogens is 1. The van der Waals surface area contributed by atoms with Gasteiger partial charge in [0.05, 0.1) is 5.56 Å². The van der Waals surface area contributed by atoms with Crippen LogP contribution in [0.25, 0.3) is 11.1 Å². The van der Waals surface area contributed by atoms with Crippen molar-refractivity contribution in [3.63, 3.8) is 0 Å². The molecule has 0 unspecified atom stereocenters. The maximum Gasteiger partial charge on any atom is 0.348 e. The Hall–Kier alpha value is -2.63. The van der Waals surface area contributed by atoms with Crippen molar-refractivity contribution in [2.45, 2.75) is 44.1 Å². The Morgan fingerprint density at radius 2 is 1.75 bits per heavy atom. The minimum atomic E-state index is -0.490. The highest BCUT2D eigenvalue weighted by Crippen LogP contribution is 2.55. The number of carbonyl (C=O) groups excluding carboxylic acids is 1. The van der Waals surface area contributed by atoms with E-state index in [1.54, 1.807) is 6.20 Å². The van der Waals surface area contributed by atoms with Gasteiger partial charge in [-0.2, -0.15) is 4.98 Å². The maximum atomic E-state index is 12.7. The van der Waals surface area contributed by atoms with Crippen LogP contribution in [0.15, 0.2) is 41.3 Å². The maximum absolute atomic E-state index is 12.7. The molecule has 6 heteroatoms. The number of nitrogens with zero attached hydrogens (tertiary/aromatic N) is 1. The second kappa shape index (κ2) is 6.76. The molecule has 146 valence electrons. The molecule has 1 aromatic heterocycles. The van der Waals surface area contributed by atoms with E-state index in [4.69, 9.17) is 4.74 Å². The van der Waals surface area contributed by atoms with Gasteiger partial charge in [-0.3, -0.25) is 4.79 Å². The minimum absolute atomic E-state index is 0.0426. The van der Waals surface area contributed by atoms with Gasteiger partial charge in [-0.05, 0) is 61.8 Å². The number of nitrogens with one attached hydrogen (secondary N) is 2. The van der Waals surface area contributed by atoms with Crippen LogP contribution in [0.3, 0.4) is 0 Å². The van der Waals surface area contributed by atoms with E-state index >= 15 is 0 Å². The molecule has 4 aliphatic carbocycles. The number of benzene rings is 1. The van der Waals surface area contributed by atoms with Crippen LogP contribution in [0.2, 0.25) is 0 Å². The Kier molecular flexibility index (Phi) is 4.22. The molecule has 4 bridgehead atoms. The van der Waals surface area contributed by atoms with Crippen LogP contribution in [-0.2, 0) is 4.79 Å². The smallest absolute Gasteiger partial charge is 0.348 e. The average molecular weight is 379 g/mol. The van der Waals surface area contributed by atoms with E-state index < -0.39 is 5.69 Å². The number of carbonyl (C=O) groups is 1. The normalized spacial score (nSPS) is 30.2. The zero-order chi connectivity index (χ0) is 19.1. The Labute approximate surface area is 163 Å². The van der Waals surface area contributed by atoms with E-state index in [2.05, 4.69) is 15.3 Å². The van der Waals surface area contributed by atoms with E-state index in [1.807, 2.05) is 30.3 Å². The van der Waals surface area contributed by atoms with E-state index in [-0.39, 0.29) is 23.9 Å². The van der Waals surface area contributed by atoms with E-state index in [9.17, 15) is 9.59 Å². The third-order valence-electron chi connectivity index (χ3n) is 6.64. The van der Waals surface area contributed by atoms with Crippen LogP contribution in [0.5, 0.6) is 5.88 Å². The summed E-state index contributed by atoms with van der Waals surface area (Å²) in [6.45, 7) is -0.127. The SMILES string of the molecule is O=C(COc1nc(=O)[nH]cc1-c1ccccc1)NC12CC3CC(CC(C3)C1)C2. The van der Waals surface area contributed by atoms with Gasteiger partial charge in [0.1, 0.15) is 0 Å². The lowest BCUT2D eigenvalue weighted by molar-refractivity contribution is -0.128. The van der Waals surface area contributed by atoms with Gasteiger partial charge in [0.15, 0.2) is 6.61 Å². The van der Waals surface area contributed by atoms with Crippen LogP contribution >= 0.6 is 0 Å². The van der Waals surface area contributed by atoms with Gasteiger partial charge < -0.3 is 15.0 Å². The summed E-state index contributed by atoms with van der Waals surface area (Å²) in [5, 5.41) is 3.29. The zero-order valence-corrected chi connectivity index (χ0v) is 15.8. The summed E-state index contributed by atoms with van der Waals surface area (Å²) in [4.78, 5) is 30.9. The predicted octanol–water partition coefficient (Wildman–Crippen LogP) is 2.90. The van der Waals surface area contributed by atoms with Crippen molar-refractivity contribution >= 4 is 5.91 Å². The third kappa shape index (κ3) is 3.32. The molecule has 0 aliphatic heterocycles. The molecule has 0 radical (unpaired) electrons. The summed E-state index contributed by atoms with van der Waals surface area (Å²) in [6.07, 6.45) is 8.89. The first-order chi connectivity index (χ1) is 13.6. The number of aromatic nitrogens is 2. The summed E-state index contributed by atoms with van der Waals surface area (Å²) < 4.78 is 5.70. The number of aromatic amines is 1. The van der Waals surface area contributed by atoms with Crippen LogP contribution in [0.1, 0.15) is 38.5 Å². The molecule has 1 heterocycles. The standard InChI is InChI=1S/C22H25N3O3/c26-19(25-22-9-14-6-15(10-22)8-16(7-14)11-22)13-28-20-18(12-23-21(27)24-20)17-4-2-1-3-5-17/h1-5,12,14-16H,6-11,13H2,(H,25,26)(H,23,24,27). The van der Waals surface area contributed by atoms with Gasteiger partial charge in [-0.25, -0.2) is 4.79 Å². The monoisotopic (exact) mass is 379 g/mol. The molecule has 28 heavy (non-hydrogen) atoms. The first kappa shape index (κ1) is 17.5. The number of hydrogen-bond acceptors (Lipinski definition) is 4. The lowest BCUT2D eigenvalue weighted by atomic mass is 9.53. The van der Waals surface area contributed by atoms with Crippen molar-refractivity contribution in [1.29, 1.82) is 0 Å². The fourth-order valence-corrected chi connectivity index (χ4v) is 6.04. The lowest BCUT2D eigenvalue weighted by Gasteiger charge is -2.56. The first-order valence-electron chi connectivity index (χ1n) is 10.2. The summed E-state index contributed by atoms with van der Waals surface area (Å²) in [5.41, 5.74) is 1.01. The topological polar surface area (TPSA) is 84.1 Å². The van der Waals surface area contributed by atoms with Gasteiger partial charge in [0, 0.05) is 11.7 Å². The quantitative estimate of drug-likeness (QED) is 0.837. The Morgan fingerprint density at radius 1 is 1.11 bits per heavy atom. The van der Waals surface area contributed by atoms with E-state index in [1.165, 1.54) is 19.3 Å². The van der Waals surface area contributed by atoms with Crippen molar-refractivity contribution in [2.75, 3.05) is 6.61 Å². The van der Waals surface area contributed by atoms with Crippen LogP contribution < -0.4 is 15.7 Å². The number of amides is 1. The number of hydrogen-bond donors (Lipinski definition) is 2. The van der Waals surface area contributed by atoms with Gasteiger partial charge in [-0.1, -0.05) is 30.3 Å². The highest BCUT2D eigenvalue weighted by Gasteiger charge is 2.51. The molecule has 2 N–H and O–H groups in total. The summed E-state index contributed by atoms with van der Waals surface area (Å²) >= 11 is 0. The molecular formula is C22H25N3O3. The Morgan fingerprint density at radius 3 is 2.39 bits per heavy atom. The highest BCUT2D eigenvalue weighted by molar-refractivity contribution is 5.79. The average Bonchev–Trinajstić information content (AvgIpc) is 2.66. The predicted molar refractivity (Wildman–Crippen MR) is 105 cm³/mol. The van der Waals surface area contributed by atoms with Crippen molar-refractivity contribution < 1.29 is 9.53 Å². The summed E-state index contributed by atoms with van der Waals surface area (Å²) in [5.74, 6) is 2.38. The molecule has 1 aromatic carbocycles. The molecule has 0 saturated heterocycles. The van der Waals surface area contributed by atoms with Crippen molar-refractivity contribution in [3.8, 4) is 17.0 Å². The van der Waals surface area contributed by atoms with E-state index in [0.29, 0.717) is 5.56 Å². The molecule has 6 rings (SSSR count). The highest BCUT2D eigenvalue weighted by atomic mass is 16.5. The molecule has 1 amide bonds. The van der Waals surface area contributed by atoms with Gasteiger partial charge >= 0.3 is 5.69 Å². The first-order valence-corrected chi connectivity index (χ1v) is 10.2. The number of rotatable bonds is 5. The third-order valence-corrected chi connectivity index (χ3v) is 6.64. The second-order valence-electron chi connectivity index (χ2n) is 8.83. The molecular weight excluding hydrogens is 354 g/mol. The fourth-order valence-electron chi connectivity index (χ4n) is 6.04. The molecule has 0 atom stereocenters. The van der Waals surface area contributed by atoms with E-state index in [0.717, 1.165) is 42.6 Å². The van der Waals surface area contributed by atoms with Gasteiger partial charge in [0.2, 0.25) is 5.88 Å². The largest absolute Gasteiger partial charge is 0.467 e.